The van der Waals surface area contributed by atoms with Gasteiger partial charge in [-0.15, -0.1) is 0 Å². The number of amides is 1. The Morgan fingerprint density at radius 3 is 2.65 bits per heavy atom. The van der Waals surface area contributed by atoms with Crippen molar-refractivity contribution in [2.45, 2.75) is 19.8 Å². The Morgan fingerprint density at radius 2 is 1.92 bits per heavy atom. The topological polar surface area (TPSA) is 42.0 Å². The van der Waals surface area contributed by atoms with Crippen LogP contribution >= 0.6 is 0 Å². The van der Waals surface area contributed by atoms with Gasteiger partial charge in [-0.2, -0.15) is 0 Å². The van der Waals surface area contributed by atoms with Crippen molar-refractivity contribution >= 4 is 12.0 Å². The van der Waals surface area contributed by atoms with Crippen LogP contribution in [0.1, 0.15) is 25.3 Å². The Morgan fingerprint density at radius 1 is 1.19 bits per heavy atom. The fourth-order valence-corrected chi connectivity index (χ4v) is 3.54. The van der Waals surface area contributed by atoms with Gasteiger partial charge in [-0.3, -0.25) is 9.69 Å². The fraction of sp³-hybridized carbons (Fsp3) is 0.571. The van der Waals surface area contributed by atoms with E-state index in [1.807, 2.05) is 30.0 Å². The third kappa shape index (κ3) is 5.32. The average Bonchev–Trinajstić information content (AvgIpc) is 2.69. The van der Waals surface area contributed by atoms with E-state index in [1.54, 1.807) is 0 Å². The van der Waals surface area contributed by atoms with Crippen molar-refractivity contribution in [3.8, 4) is 5.75 Å². The van der Waals surface area contributed by atoms with Gasteiger partial charge < -0.3 is 14.4 Å². The number of carbonyl (C=O) groups excluding carboxylic acids is 1. The van der Waals surface area contributed by atoms with Crippen molar-refractivity contribution in [1.29, 1.82) is 0 Å². The molecule has 2 aliphatic rings. The van der Waals surface area contributed by atoms with E-state index in [9.17, 15) is 4.79 Å². The summed E-state index contributed by atoms with van der Waals surface area (Å²) >= 11 is 0. The molecule has 0 aliphatic carbocycles. The highest BCUT2D eigenvalue weighted by Crippen LogP contribution is 2.23. The van der Waals surface area contributed by atoms with E-state index in [0.29, 0.717) is 19.1 Å². The van der Waals surface area contributed by atoms with Crippen molar-refractivity contribution < 1.29 is 14.3 Å². The second-order valence-corrected chi connectivity index (χ2v) is 6.94. The molecule has 3 rings (SSSR count). The van der Waals surface area contributed by atoms with Crippen LogP contribution < -0.4 is 4.74 Å². The van der Waals surface area contributed by atoms with Gasteiger partial charge >= 0.3 is 0 Å². The van der Waals surface area contributed by atoms with Crippen molar-refractivity contribution in [2.75, 3.05) is 52.5 Å². The van der Waals surface area contributed by atoms with E-state index in [-0.39, 0.29) is 5.91 Å². The largest absolute Gasteiger partial charge is 0.493 e. The molecule has 26 heavy (non-hydrogen) atoms. The number of rotatable bonds is 6. The first-order chi connectivity index (χ1) is 12.8. The molecule has 0 radical (unpaired) electrons. The molecule has 5 heteroatoms. The van der Waals surface area contributed by atoms with E-state index < -0.39 is 0 Å². The van der Waals surface area contributed by atoms with Crippen LogP contribution in [0, 0.1) is 5.92 Å². The molecular formula is C21H30N2O3. The van der Waals surface area contributed by atoms with Crippen molar-refractivity contribution in [1.82, 2.24) is 9.80 Å². The Bertz CT molecular complexity index is 603. The highest BCUT2D eigenvalue weighted by molar-refractivity contribution is 5.78. The number of morpholine rings is 1. The highest BCUT2D eigenvalue weighted by Gasteiger charge is 2.23. The first kappa shape index (κ1) is 18.9. The normalized spacial score (nSPS) is 19.8. The lowest BCUT2D eigenvalue weighted by atomic mass is 9.95. The number of benzene rings is 1. The number of allylic oxidation sites excluding steroid dienone is 1. The zero-order valence-electron chi connectivity index (χ0n) is 15.7. The summed E-state index contributed by atoms with van der Waals surface area (Å²) in [4.78, 5) is 16.7. The lowest BCUT2D eigenvalue weighted by molar-refractivity contribution is -0.134. The minimum absolute atomic E-state index is 0.260. The van der Waals surface area contributed by atoms with Crippen LogP contribution in [0.15, 0.2) is 30.3 Å². The lowest BCUT2D eigenvalue weighted by Crippen LogP contribution is -2.46. The van der Waals surface area contributed by atoms with Crippen molar-refractivity contribution in [2.24, 2.45) is 5.92 Å². The van der Waals surface area contributed by atoms with E-state index in [0.717, 1.165) is 63.5 Å². The molecular weight excluding hydrogens is 328 g/mol. The molecule has 0 unspecified atom stereocenters. The minimum atomic E-state index is 0.260. The van der Waals surface area contributed by atoms with Gasteiger partial charge in [0, 0.05) is 31.7 Å². The van der Waals surface area contributed by atoms with Crippen LogP contribution in [0.5, 0.6) is 5.75 Å². The molecule has 1 aromatic carbocycles. The molecule has 0 bridgehead atoms. The first-order valence-electron chi connectivity index (χ1n) is 9.74. The monoisotopic (exact) mass is 358 g/mol. The molecule has 2 heterocycles. The van der Waals surface area contributed by atoms with Gasteiger partial charge in [0.15, 0.2) is 0 Å². The third-order valence-electron chi connectivity index (χ3n) is 5.12. The highest BCUT2D eigenvalue weighted by atomic mass is 16.5. The number of para-hydroxylation sites is 1. The van der Waals surface area contributed by atoms with Crippen LogP contribution in [0.2, 0.25) is 0 Å². The average molecular weight is 358 g/mol. The standard InChI is InChI=1S/C21H30N2O3/c1-2-26-20-6-4-3-5-19(20)8-7-18-9-11-23(12-10-18)21(24)17-22-13-15-25-16-14-22/h3-8,18H,2,9-17H2,1H3. The molecule has 1 aromatic rings. The summed E-state index contributed by atoms with van der Waals surface area (Å²) in [6.07, 6.45) is 6.51. The van der Waals surface area contributed by atoms with Crippen molar-refractivity contribution in [3.63, 3.8) is 0 Å². The van der Waals surface area contributed by atoms with Crippen molar-refractivity contribution in [3.05, 3.63) is 35.9 Å². The van der Waals surface area contributed by atoms with Crippen LogP contribution in [0.3, 0.4) is 0 Å². The Labute approximate surface area is 156 Å². The quantitative estimate of drug-likeness (QED) is 0.784. The predicted octanol–water partition coefficient (Wildman–Crippen LogP) is 2.67. The van der Waals surface area contributed by atoms with Crippen LogP contribution in [-0.2, 0) is 9.53 Å². The Balaban J connectivity index is 1.47. The molecule has 0 atom stereocenters. The summed E-state index contributed by atoms with van der Waals surface area (Å²) in [7, 11) is 0. The van der Waals surface area contributed by atoms with Gasteiger partial charge in [-0.25, -0.2) is 0 Å². The van der Waals surface area contributed by atoms with Gasteiger partial charge in [0.05, 0.1) is 26.4 Å². The predicted molar refractivity (Wildman–Crippen MR) is 103 cm³/mol. The summed E-state index contributed by atoms with van der Waals surface area (Å²) in [5.74, 6) is 1.72. The molecule has 2 fully saturated rings. The van der Waals surface area contributed by atoms with Gasteiger partial charge in [-0.1, -0.05) is 30.4 Å². The SMILES string of the molecule is CCOc1ccccc1C=CC1CCN(C(=O)CN2CCOCC2)CC1. The molecule has 0 spiro atoms. The van der Waals surface area contributed by atoms with E-state index in [1.165, 1.54) is 0 Å². The van der Waals surface area contributed by atoms with Gasteiger partial charge in [-0.05, 0) is 31.7 Å². The number of carbonyl (C=O) groups is 1. The number of likely N-dealkylation sites (tertiary alicyclic amines) is 1. The zero-order chi connectivity index (χ0) is 18.2. The maximum Gasteiger partial charge on any atom is 0.236 e. The third-order valence-corrected chi connectivity index (χ3v) is 5.12. The summed E-state index contributed by atoms with van der Waals surface area (Å²) in [5.41, 5.74) is 1.13. The molecule has 2 saturated heterocycles. The second kappa shape index (κ2) is 9.74. The zero-order valence-corrected chi connectivity index (χ0v) is 15.7. The molecule has 0 N–H and O–H groups in total. The van der Waals surface area contributed by atoms with Crippen LogP contribution in [0.25, 0.3) is 6.08 Å². The number of hydrogen-bond donors (Lipinski definition) is 0. The maximum atomic E-state index is 12.5. The number of ether oxygens (including phenoxy) is 2. The fourth-order valence-electron chi connectivity index (χ4n) is 3.54. The summed E-state index contributed by atoms with van der Waals surface area (Å²) in [5, 5.41) is 0. The molecule has 142 valence electrons. The molecule has 2 aliphatic heterocycles. The van der Waals surface area contributed by atoms with E-state index in [2.05, 4.69) is 23.1 Å². The molecule has 5 nitrogen and oxygen atoms in total. The van der Waals surface area contributed by atoms with Gasteiger partial charge in [0.25, 0.3) is 0 Å². The molecule has 0 aromatic heterocycles. The number of hydrogen-bond acceptors (Lipinski definition) is 4. The van der Waals surface area contributed by atoms with Gasteiger partial charge in [0.1, 0.15) is 5.75 Å². The first-order valence-corrected chi connectivity index (χ1v) is 9.74. The smallest absolute Gasteiger partial charge is 0.236 e. The maximum absolute atomic E-state index is 12.5. The number of piperidine rings is 1. The Kier molecular flexibility index (Phi) is 7.09. The molecule has 1 amide bonds. The van der Waals surface area contributed by atoms with E-state index >= 15 is 0 Å². The minimum Gasteiger partial charge on any atom is -0.493 e. The number of nitrogens with zero attached hydrogens (tertiary/aromatic N) is 2. The van der Waals surface area contributed by atoms with Crippen LogP contribution in [0.4, 0.5) is 0 Å². The summed E-state index contributed by atoms with van der Waals surface area (Å²) in [6, 6.07) is 8.13. The van der Waals surface area contributed by atoms with E-state index in [4.69, 9.17) is 9.47 Å². The van der Waals surface area contributed by atoms with Crippen LogP contribution in [-0.4, -0.2) is 68.3 Å². The summed E-state index contributed by atoms with van der Waals surface area (Å²) < 4.78 is 11.0. The van der Waals surface area contributed by atoms with Gasteiger partial charge in [0.2, 0.25) is 5.91 Å². The Hall–Kier alpha value is -1.85. The molecule has 0 saturated carbocycles. The summed E-state index contributed by atoms with van der Waals surface area (Å²) in [6.45, 7) is 8.13. The lowest BCUT2D eigenvalue weighted by Gasteiger charge is -2.33. The second-order valence-electron chi connectivity index (χ2n) is 6.94.